The molecule has 0 aliphatic rings. The minimum Gasteiger partial charge on any atom is -0.497 e. The van der Waals surface area contributed by atoms with Gasteiger partial charge in [0.15, 0.2) is 11.7 Å². The summed E-state index contributed by atoms with van der Waals surface area (Å²) in [4.78, 5) is 4.31. The Morgan fingerprint density at radius 2 is 2.26 bits per heavy atom. The van der Waals surface area contributed by atoms with E-state index < -0.39 is 0 Å². The maximum Gasteiger partial charge on any atom is 0.194 e. The summed E-state index contributed by atoms with van der Waals surface area (Å²) >= 11 is 0. The lowest BCUT2D eigenvalue weighted by atomic mass is 10.2. The van der Waals surface area contributed by atoms with Crippen molar-refractivity contribution >= 4 is 0 Å². The first kappa shape index (κ1) is 13.6. The Bertz CT molecular complexity index is 508. The van der Waals surface area contributed by atoms with Crippen molar-refractivity contribution in [1.29, 1.82) is 0 Å². The quantitative estimate of drug-likeness (QED) is 0.778. The number of rotatable bonds is 7. The van der Waals surface area contributed by atoms with Crippen LogP contribution < -0.4 is 10.1 Å². The topological polar surface area (TPSA) is 47.3 Å². The molecule has 4 nitrogen and oxygen atoms in total. The molecule has 1 N–H and O–H groups in total. The average molecular weight is 260 g/mol. The molecule has 1 aromatic heterocycles. The van der Waals surface area contributed by atoms with Crippen molar-refractivity contribution in [2.45, 2.75) is 19.8 Å². The molecule has 0 aliphatic carbocycles. The number of nitrogens with one attached hydrogen (secondary N) is 1. The van der Waals surface area contributed by atoms with E-state index in [2.05, 4.69) is 17.2 Å². The minimum absolute atomic E-state index is 0.788. The Morgan fingerprint density at radius 3 is 3.05 bits per heavy atom. The molecule has 0 fully saturated rings. The van der Waals surface area contributed by atoms with Crippen LogP contribution in [-0.4, -0.2) is 25.2 Å². The molecule has 0 unspecified atom stereocenters. The van der Waals surface area contributed by atoms with Gasteiger partial charge in [-0.3, -0.25) is 0 Å². The van der Waals surface area contributed by atoms with Crippen molar-refractivity contribution in [1.82, 2.24) is 10.3 Å². The maximum absolute atomic E-state index is 5.75. The summed E-state index contributed by atoms with van der Waals surface area (Å²) in [5.41, 5.74) is 0.991. The Kier molecular flexibility index (Phi) is 4.98. The van der Waals surface area contributed by atoms with E-state index >= 15 is 0 Å². The second kappa shape index (κ2) is 6.95. The van der Waals surface area contributed by atoms with Crippen molar-refractivity contribution in [2.24, 2.45) is 0 Å². The normalized spacial score (nSPS) is 10.6. The molecule has 19 heavy (non-hydrogen) atoms. The zero-order valence-electron chi connectivity index (χ0n) is 11.5. The highest BCUT2D eigenvalue weighted by atomic mass is 16.5. The predicted octanol–water partition coefficient (Wildman–Crippen LogP) is 2.89. The first-order chi connectivity index (χ1) is 9.33. The molecule has 0 bridgehead atoms. The molecule has 0 aliphatic heterocycles. The number of methoxy groups -OCH3 is 1. The van der Waals surface area contributed by atoms with Crippen LogP contribution in [0.4, 0.5) is 0 Å². The summed E-state index contributed by atoms with van der Waals surface area (Å²) in [6, 6.07) is 7.80. The van der Waals surface area contributed by atoms with E-state index in [1.807, 2.05) is 24.3 Å². The van der Waals surface area contributed by atoms with Crippen LogP contribution in [0.15, 0.2) is 34.9 Å². The van der Waals surface area contributed by atoms with E-state index in [1.54, 1.807) is 13.3 Å². The van der Waals surface area contributed by atoms with Gasteiger partial charge >= 0.3 is 0 Å². The predicted molar refractivity (Wildman–Crippen MR) is 75.4 cm³/mol. The van der Waals surface area contributed by atoms with Crippen LogP contribution in [0.1, 0.15) is 19.2 Å². The molecule has 0 radical (unpaired) electrons. The van der Waals surface area contributed by atoms with Crippen LogP contribution >= 0.6 is 0 Å². The molecule has 0 saturated heterocycles. The van der Waals surface area contributed by atoms with E-state index in [9.17, 15) is 0 Å². The molecule has 0 amide bonds. The molecular weight excluding hydrogens is 240 g/mol. The molecule has 0 atom stereocenters. The van der Waals surface area contributed by atoms with Gasteiger partial charge in [0.1, 0.15) is 5.75 Å². The van der Waals surface area contributed by atoms with Crippen molar-refractivity contribution in [3.8, 4) is 17.1 Å². The van der Waals surface area contributed by atoms with Gasteiger partial charge in [0.2, 0.25) is 0 Å². The molecule has 0 saturated carbocycles. The maximum atomic E-state index is 5.75. The van der Waals surface area contributed by atoms with Gasteiger partial charge in [-0.05, 0) is 31.6 Å². The zero-order valence-corrected chi connectivity index (χ0v) is 11.5. The highest BCUT2D eigenvalue weighted by Gasteiger charge is 2.07. The number of nitrogens with zero attached hydrogens (tertiary/aromatic N) is 1. The fourth-order valence-corrected chi connectivity index (χ4v) is 1.88. The molecule has 0 spiro atoms. The van der Waals surface area contributed by atoms with Crippen LogP contribution in [0.3, 0.4) is 0 Å². The lowest BCUT2D eigenvalue weighted by Crippen LogP contribution is -2.14. The Balaban J connectivity index is 1.99. The van der Waals surface area contributed by atoms with E-state index in [4.69, 9.17) is 9.15 Å². The Labute approximate surface area is 113 Å². The van der Waals surface area contributed by atoms with Crippen molar-refractivity contribution in [3.05, 3.63) is 36.4 Å². The first-order valence-corrected chi connectivity index (χ1v) is 6.63. The second-order valence-electron chi connectivity index (χ2n) is 4.31. The fourth-order valence-electron chi connectivity index (χ4n) is 1.88. The summed E-state index contributed by atoms with van der Waals surface area (Å²) in [6.45, 7) is 4.10. The summed E-state index contributed by atoms with van der Waals surface area (Å²) in [7, 11) is 1.66. The van der Waals surface area contributed by atoms with Crippen molar-refractivity contribution in [2.75, 3.05) is 20.2 Å². The third-order valence-electron chi connectivity index (χ3n) is 2.90. The standard InChI is InChI=1S/C15H20N2O2/c1-3-16-9-5-8-15-17-11-14(19-15)12-6-4-7-13(10-12)18-2/h4,6-7,10-11,16H,3,5,8-9H2,1-2H3. The van der Waals surface area contributed by atoms with Crippen LogP contribution in [0.25, 0.3) is 11.3 Å². The Morgan fingerprint density at radius 1 is 1.37 bits per heavy atom. The van der Waals surface area contributed by atoms with Gasteiger partial charge < -0.3 is 14.5 Å². The van der Waals surface area contributed by atoms with Crippen molar-refractivity contribution < 1.29 is 9.15 Å². The smallest absolute Gasteiger partial charge is 0.194 e. The molecule has 1 aromatic carbocycles. The lowest BCUT2D eigenvalue weighted by Gasteiger charge is -2.01. The largest absolute Gasteiger partial charge is 0.497 e. The van der Waals surface area contributed by atoms with Crippen molar-refractivity contribution in [3.63, 3.8) is 0 Å². The number of hydrogen-bond donors (Lipinski definition) is 1. The number of oxazole rings is 1. The van der Waals surface area contributed by atoms with Gasteiger partial charge in [0.25, 0.3) is 0 Å². The summed E-state index contributed by atoms with van der Waals surface area (Å²) in [6.07, 6.45) is 3.67. The van der Waals surface area contributed by atoms with Gasteiger partial charge in [-0.25, -0.2) is 4.98 Å². The average Bonchev–Trinajstić information content (AvgIpc) is 2.92. The van der Waals surface area contributed by atoms with Gasteiger partial charge in [0, 0.05) is 12.0 Å². The molecule has 2 aromatic rings. The number of aromatic nitrogens is 1. The monoisotopic (exact) mass is 260 g/mol. The van der Waals surface area contributed by atoms with E-state index in [1.165, 1.54) is 0 Å². The lowest BCUT2D eigenvalue weighted by molar-refractivity contribution is 0.414. The third-order valence-corrected chi connectivity index (χ3v) is 2.90. The number of aryl methyl sites for hydroxylation is 1. The van der Waals surface area contributed by atoms with E-state index in [0.717, 1.165) is 48.9 Å². The zero-order chi connectivity index (χ0) is 13.5. The van der Waals surface area contributed by atoms with Gasteiger partial charge in [-0.1, -0.05) is 19.1 Å². The summed E-state index contributed by atoms with van der Waals surface area (Å²) < 4.78 is 11.0. The minimum atomic E-state index is 0.788. The summed E-state index contributed by atoms with van der Waals surface area (Å²) in [5.74, 6) is 2.40. The molecule has 102 valence electrons. The highest BCUT2D eigenvalue weighted by Crippen LogP contribution is 2.24. The second-order valence-corrected chi connectivity index (χ2v) is 4.31. The number of benzene rings is 1. The van der Waals surface area contributed by atoms with Gasteiger partial charge in [-0.15, -0.1) is 0 Å². The SMILES string of the molecule is CCNCCCc1ncc(-c2cccc(OC)c2)o1. The molecule has 4 heteroatoms. The molecule has 2 rings (SSSR count). The number of hydrogen-bond acceptors (Lipinski definition) is 4. The van der Waals surface area contributed by atoms with Crippen LogP contribution in [0, 0.1) is 0 Å². The molecule has 1 heterocycles. The van der Waals surface area contributed by atoms with E-state index in [0.29, 0.717) is 0 Å². The first-order valence-electron chi connectivity index (χ1n) is 6.63. The van der Waals surface area contributed by atoms with Crippen LogP contribution in [0.2, 0.25) is 0 Å². The number of ether oxygens (including phenoxy) is 1. The van der Waals surface area contributed by atoms with Gasteiger partial charge in [-0.2, -0.15) is 0 Å². The van der Waals surface area contributed by atoms with Gasteiger partial charge in [0.05, 0.1) is 13.3 Å². The van der Waals surface area contributed by atoms with E-state index in [-0.39, 0.29) is 0 Å². The molecular formula is C15H20N2O2. The summed E-state index contributed by atoms with van der Waals surface area (Å²) in [5, 5.41) is 3.29. The highest BCUT2D eigenvalue weighted by molar-refractivity contribution is 5.58. The fraction of sp³-hybridized carbons (Fsp3) is 0.400. The van der Waals surface area contributed by atoms with Crippen LogP contribution in [-0.2, 0) is 6.42 Å². The Hall–Kier alpha value is -1.81. The van der Waals surface area contributed by atoms with Crippen LogP contribution in [0.5, 0.6) is 5.75 Å². The third kappa shape index (κ3) is 3.83.